The highest BCUT2D eigenvalue weighted by atomic mass is 16.5. The molecule has 3 rings (SSSR count). The summed E-state index contributed by atoms with van der Waals surface area (Å²) >= 11 is 0. The lowest BCUT2D eigenvalue weighted by atomic mass is 10.1. The monoisotopic (exact) mass is 382 g/mol. The number of carbonyl (C=O) groups is 3. The SMILES string of the molecule is CCCn1c(C)cc(C(=O)COC(=O)c2cccc(N3CCCC3=O)c2)c1C. The van der Waals surface area contributed by atoms with Crippen LogP contribution in [0.3, 0.4) is 0 Å². The van der Waals surface area contributed by atoms with E-state index in [0.717, 1.165) is 30.8 Å². The van der Waals surface area contributed by atoms with Gasteiger partial charge in [0.15, 0.2) is 6.61 Å². The highest BCUT2D eigenvalue weighted by Crippen LogP contribution is 2.23. The lowest BCUT2D eigenvalue weighted by Gasteiger charge is -2.16. The lowest BCUT2D eigenvalue weighted by molar-refractivity contribution is -0.117. The van der Waals surface area contributed by atoms with Crippen LogP contribution in [0, 0.1) is 13.8 Å². The van der Waals surface area contributed by atoms with E-state index in [2.05, 4.69) is 11.5 Å². The number of anilines is 1. The number of esters is 1. The van der Waals surface area contributed by atoms with Crippen LogP contribution in [0.1, 0.15) is 58.3 Å². The van der Waals surface area contributed by atoms with Gasteiger partial charge in [0.2, 0.25) is 11.7 Å². The number of Topliss-reactive ketones (excluding diaryl/α,β-unsaturated/α-hetero) is 1. The first-order valence-corrected chi connectivity index (χ1v) is 9.69. The normalized spacial score (nSPS) is 13.8. The van der Waals surface area contributed by atoms with Gasteiger partial charge in [0.25, 0.3) is 0 Å². The van der Waals surface area contributed by atoms with Crippen molar-refractivity contribution in [2.45, 2.75) is 46.6 Å². The smallest absolute Gasteiger partial charge is 0.338 e. The Morgan fingerprint density at radius 1 is 1.18 bits per heavy atom. The molecule has 1 aromatic heterocycles. The fourth-order valence-corrected chi connectivity index (χ4v) is 3.67. The molecular formula is C22H26N2O4. The van der Waals surface area contributed by atoms with E-state index in [1.54, 1.807) is 29.2 Å². The zero-order valence-electron chi connectivity index (χ0n) is 16.7. The third-order valence-corrected chi connectivity index (χ3v) is 5.12. The molecule has 2 aromatic rings. The summed E-state index contributed by atoms with van der Waals surface area (Å²) in [6.07, 6.45) is 2.33. The highest BCUT2D eigenvalue weighted by Gasteiger charge is 2.23. The molecule has 6 heteroatoms. The summed E-state index contributed by atoms with van der Waals surface area (Å²) in [7, 11) is 0. The van der Waals surface area contributed by atoms with Gasteiger partial charge in [-0.05, 0) is 51.0 Å². The van der Waals surface area contributed by atoms with Gasteiger partial charge in [-0.25, -0.2) is 4.79 Å². The van der Waals surface area contributed by atoms with Crippen molar-refractivity contribution >= 4 is 23.3 Å². The molecular weight excluding hydrogens is 356 g/mol. The maximum Gasteiger partial charge on any atom is 0.338 e. The number of hydrogen-bond acceptors (Lipinski definition) is 4. The fourth-order valence-electron chi connectivity index (χ4n) is 3.67. The zero-order chi connectivity index (χ0) is 20.3. The van der Waals surface area contributed by atoms with E-state index in [9.17, 15) is 14.4 Å². The summed E-state index contributed by atoms with van der Waals surface area (Å²) in [4.78, 5) is 38.5. The molecule has 0 spiro atoms. The van der Waals surface area contributed by atoms with Gasteiger partial charge in [0.1, 0.15) is 0 Å². The van der Waals surface area contributed by atoms with Crippen molar-refractivity contribution in [1.29, 1.82) is 0 Å². The maximum atomic E-state index is 12.5. The van der Waals surface area contributed by atoms with Crippen molar-refractivity contribution in [1.82, 2.24) is 4.57 Å². The Hall–Kier alpha value is -2.89. The third-order valence-electron chi connectivity index (χ3n) is 5.12. The minimum atomic E-state index is -0.566. The van der Waals surface area contributed by atoms with Gasteiger partial charge >= 0.3 is 5.97 Å². The van der Waals surface area contributed by atoms with Gasteiger partial charge in [0, 0.05) is 42.1 Å². The van der Waals surface area contributed by atoms with Gasteiger partial charge < -0.3 is 14.2 Å². The molecule has 28 heavy (non-hydrogen) atoms. The molecule has 0 radical (unpaired) electrons. The summed E-state index contributed by atoms with van der Waals surface area (Å²) in [6.45, 7) is 7.18. The average molecular weight is 382 g/mol. The Bertz CT molecular complexity index is 913. The molecule has 0 unspecified atom stereocenters. The van der Waals surface area contributed by atoms with Crippen molar-refractivity contribution in [3.63, 3.8) is 0 Å². The Kier molecular flexibility index (Phi) is 5.97. The number of amides is 1. The molecule has 1 saturated heterocycles. The third kappa shape index (κ3) is 4.01. The van der Waals surface area contributed by atoms with Crippen molar-refractivity contribution in [3.8, 4) is 0 Å². The van der Waals surface area contributed by atoms with Crippen LogP contribution >= 0.6 is 0 Å². The molecule has 1 fully saturated rings. The Balaban J connectivity index is 1.67. The topological polar surface area (TPSA) is 68.6 Å². The van der Waals surface area contributed by atoms with Gasteiger partial charge in [-0.1, -0.05) is 13.0 Å². The number of aryl methyl sites for hydroxylation is 1. The van der Waals surface area contributed by atoms with E-state index in [0.29, 0.717) is 29.8 Å². The lowest BCUT2D eigenvalue weighted by Crippen LogP contribution is -2.24. The highest BCUT2D eigenvalue weighted by molar-refractivity contribution is 6.01. The first-order valence-electron chi connectivity index (χ1n) is 9.69. The second-order valence-corrected chi connectivity index (χ2v) is 7.14. The van der Waals surface area contributed by atoms with Crippen LogP contribution in [0.5, 0.6) is 0 Å². The summed E-state index contributed by atoms with van der Waals surface area (Å²) in [6, 6.07) is 8.64. The number of benzene rings is 1. The van der Waals surface area contributed by atoms with Gasteiger partial charge in [0.05, 0.1) is 5.56 Å². The molecule has 0 atom stereocenters. The van der Waals surface area contributed by atoms with E-state index in [4.69, 9.17) is 4.74 Å². The van der Waals surface area contributed by atoms with Crippen LogP contribution in [0.15, 0.2) is 30.3 Å². The first-order chi connectivity index (χ1) is 13.4. The number of rotatable bonds is 7. The fraction of sp³-hybridized carbons (Fsp3) is 0.409. The van der Waals surface area contributed by atoms with Gasteiger partial charge in [-0.3, -0.25) is 9.59 Å². The van der Waals surface area contributed by atoms with E-state index in [1.807, 2.05) is 19.9 Å². The maximum absolute atomic E-state index is 12.5. The number of nitrogens with zero attached hydrogens (tertiary/aromatic N) is 2. The molecule has 0 saturated carbocycles. The quantitative estimate of drug-likeness (QED) is 0.541. The summed E-state index contributed by atoms with van der Waals surface area (Å²) in [5.41, 5.74) is 3.54. The Labute approximate surface area is 165 Å². The second-order valence-electron chi connectivity index (χ2n) is 7.14. The van der Waals surface area contributed by atoms with E-state index < -0.39 is 5.97 Å². The Morgan fingerprint density at radius 3 is 2.64 bits per heavy atom. The number of hydrogen-bond donors (Lipinski definition) is 0. The summed E-state index contributed by atoms with van der Waals surface area (Å²) in [5.74, 6) is -0.720. The minimum absolute atomic E-state index is 0.0585. The minimum Gasteiger partial charge on any atom is -0.454 e. The number of ether oxygens (including phenoxy) is 1. The Morgan fingerprint density at radius 2 is 1.96 bits per heavy atom. The number of ketones is 1. The van der Waals surface area contributed by atoms with E-state index >= 15 is 0 Å². The largest absolute Gasteiger partial charge is 0.454 e. The number of carbonyl (C=O) groups excluding carboxylic acids is 3. The molecule has 148 valence electrons. The van der Waals surface area contributed by atoms with Crippen LogP contribution in [0.4, 0.5) is 5.69 Å². The summed E-state index contributed by atoms with van der Waals surface area (Å²) < 4.78 is 7.35. The molecule has 1 aliphatic rings. The average Bonchev–Trinajstić information content (AvgIpc) is 3.24. The standard InChI is InChI=1S/C22H26N2O4/c1-4-10-23-15(2)12-19(16(23)3)20(25)14-28-22(27)17-7-5-8-18(13-17)24-11-6-9-21(24)26/h5,7-8,12-13H,4,6,9-11,14H2,1-3H3. The molecule has 6 nitrogen and oxygen atoms in total. The van der Waals surface area contributed by atoms with Crippen LogP contribution in [-0.4, -0.2) is 35.4 Å². The van der Waals surface area contributed by atoms with Crippen molar-refractivity contribution in [3.05, 3.63) is 52.8 Å². The predicted molar refractivity (Wildman–Crippen MR) is 107 cm³/mol. The molecule has 0 aliphatic carbocycles. The van der Waals surface area contributed by atoms with Crippen molar-refractivity contribution in [2.24, 2.45) is 0 Å². The zero-order valence-corrected chi connectivity index (χ0v) is 16.7. The van der Waals surface area contributed by atoms with Crippen molar-refractivity contribution < 1.29 is 19.1 Å². The van der Waals surface area contributed by atoms with E-state index in [1.165, 1.54) is 0 Å². The summed E-state index contributed by atoms with van der Waals surface area (Å²) in [5, 5.41) is 0. The molecule has 2 heterocycles. The molecule has 0 bridgehead atoms. The molecule has 0 N–H and O–H groups in total. The molecule has 1 amide bonds. The van der Waals surface area contributed by atoms with Crippen molar-refractivity contribution in [2.75, 3.05) is 18.1 Å². The predicted octanol–water partition coefficient (Wildman–Crippen LogP) is 3.68. The van der Waals surface area contributed by atoms with Crippen LogP contribution < -0.4 is 4.90 Å². The van der Waals surface area contributed by atoms with E-state index in [-0.39, 0.29) is 18.3 Å². The first kappa shape index (κ1) is 19.9. The van der Waals surface area contributed by atoms with Crippen LogP contribution in [-0.2, 0) is 16.1 Å². The number of aromatic nitrogens is 1. The van der Waals surface area contributed by atoms with Gasteiger partial charge in [-0.15, -0.1) is 0 Å². The molecule has 1 aliphatic heterocycles. The van der Waals surface area contributed by atoms with Crippen LogP contribution in [0.25, 0.3) is 0 Å². The second kappa shape index (κ2) is 8.42. The van der Waals surface area contributed by atoms with Crippen LogP contribution in [0.2, 0.25) is 0 Å². The molecule has 1 aromatic carbocycles. The van der Waals surface area contributed by atoms with Gasteiger partial charge in [-0.2, -0.15) is 0 Å².